The summed E-state index contributed by atoms with van der Waals surface area (Å²) in [7, 11) is -3.52. The summed E-state index contributed by atoms with van der Waals surface area (Å²) in [6, 6.07) is 10.1. The van der Waals surface area contributed by atoms with Crippen LogP contribution in [-0.4, -0.2) is 49.7 Å². The zero-order chi connectivity index (χ0) is 18.7. The van der Waals surface area contributed by atoms with Gasteiger partial charge in [-0.15, -0.1) is 11.3 Å². The Bertz CT molecular complexity index is 873. The number of halogens is 1. The van der Waals surface area contributed by atoms with E-state index in [1.54, 1.807) is 23.5 Å². The highest BCUT2D eigenvalue weighted by atomic mass is 35.5. The Morgan fingerprint density at radius 2 is 1.77 bits per heavy atom. The molecule has 0 saturated carbocycles. The predicted molar refractivity (Wildman–Crippen MR) is 104 cm³/mol. The second kappa shape index (κ2) is 8.06. The van der Waals surface area contributed by atoms with Gasteiger partial charge in [0.15, 0.2) is 0 Å². The minimum absolute atomic E-state index is 0.191. The number of rotatable bonds is 5. The fourth-order valence-corrected chi connectivity index (χ4v) is 5.40. The lowest BCUT2D eigenvalue weighted by atomic mass is 10.3. The number of nitrogens with zero attached hydrogens (tertiary/aromatic N) is 2. The van der Waals surface area contributed by atoms with Gasteiger partial charge in [0.2, 0.25) is 15.9 Å². The van der Waals surface area contributed by atoms with Crippen LogP contribution in [-0.2, 0) is 21.4 Å². The van der Waals surface area contributed by atoms with Crippen LogP contribution < -0.4 is 5.32 Å². The molecule has 6 nitrogen and oxygen atoms in total. The van der Waals surface area contributed by atoms with Crippen LogP contribution in [0.4, 0.5) is 5.69 Å². The summed E-state index contributed by atoms with van der Waals surface area (Å²) >= 11 is 7.51. The molecule has 3 rings (SSSR count). The summed E-state index contributed by atoms with van der Waals surface area (Å²) in [5.74, 6) is -0.191. The zero-order valence-electron chi connectivity index (χ0n) is 14.3. The van der Waals surface area contributed by atoms with Crippen molar-refractivity contribution in [1.82, 2.24) is 9.21 Å². The first-order chi connectivity index (χ1) is 12.3. The van der Waals surface area contributed by atoms with Gasteiger partial charge in [0, 0.05) is 50.2 Å². The Morgan fingerprint density at radius 3 is 2.31 bits per heavy atom. The first-order valence-electron chi connectivity index (χ1n) is 8.19. The van der Waals surface area contributed by atoms with Gasteiger partial charge in [0.1, 0.15) is 0 Å². The van der Waals surface area contributed by atoms with E-state index in [-0.39, 0.29) is 10.8 Å². The van der Waals surface area contributed by atoms with E-state index in [1.165, 1.54) is 28.2 Å². The summed E-state index contributed by atoms with van der Waals surface area (Å²) in [5, 5.41) is 2.63. The number of nitrogens with one attached hydrogen (secondary N) is 1. The molecule has 26 heavy (non-hydrogen) atoms. The number of carbonyl (C=O) groups excluding carboxylic acids is 1. The van der Waals surface area contributed by atoms with E-state index < -0.39 is 10.0 Å². The van der Waals surface area contributed by atoms with E-state index in [1.807, 2.05) is 12.1 Å². The lowest BCUT2D eigenvalue weighted by Crippen LogP contribution is -2.48. The Balaban J connectivity index is 1.61. The topological polar surface area (TPSA) is 69.7 Å². The molecule has 0 atom stereocenters. The van der Waals surface area contributed by atoms with Gasteiger partial charge in [-0.25, -0.2) is 8.42 Å². The van der Waals surface area contributed by atoms with E-state index in [2.05, 4.69) is 10.2 Å². The standard InChI is InChI=1S/C17H20ClN3O3S2/c1-13(22)19-14-2-5-16(6-3-14)26(23,24)21-10-8-20(9-11-21)12-15-4-7-17(18)25-15/h2-7H,8-12H2,1H3,(H,19,22). The second-order valence-corrected chi connectivity index (χ2v) is 9.83. The highest BCUT2D eigenvalue weighted by molar-refractivity contribution is 7.89. The number of carbonyl (C=O) groups is 1. The van der Waals surface area contributed by atoms with Crippen molar-refractivity contribution in [2.75, 3.05) is 31.5 Å². The number of piperazine rings is 1. The van der Waals surface area contributed by atoms with Crippen molar-refractivity contribution in [2.45, 2.75) is 18.4 Å². The maximum Gasteiger partial charge on any atom is 0.243 e. The summed E-state index contributed by atoms with van der Waals surface area (Å²) in [6.07, 6.45) is 0. The van der Waals surface area contributed by atoms with Gasteiger partial charge in [-0.05, 0) is 36.4 Å². The molecule has 0 aliphatic carbocycles. The number of amides is 1. The monoisotopic (exact) mass is 413 g/mol. The molecule has 1 fully saturated rings. The van der Waals surface area contributed by atoms with Gasteiger partial charge < -0.3 is 5.32 Å². The highest BCUT2D eigenvalue weighted by Crippen LogP contribution is 2.24. The molecule has 2 aromatic rings. The van der Waals surface area contributed by atoms with Gasteiger partial charge in [0.05, 0.1) is 9.23 Å². The van der Waals surface area contributed by atoms with E-state index >= 15 is 0 Å². The lowest BCUT2D eigenvalue weighted by molar-refractivity contribution is -0.114. The highest BCUT2D eigenvalue weighted by Gasteiger charge is 2.28. The van der Waals surface area contributed by atoms with Crippen molar-refractivity contribution in [2.24, 2.45) is 0 Å². The van der Waals surface area contributed by atoms with Crippen LogP contribution in [0.3, 0.4) is 0 Å². The van der Waals surface area contributed by atoms with Crippen molar-refractivity contribution in [3.05, 3.63) is 45.6 Å². The van der Waals surface area contributed by atoms with Crippen LogP contribution in [0.5, 0.6) is 0 Å². The fourth-order valence-electron chi connectivity index (χ4n) is 2.85. The van der Waals surface area contributed by atoms with E-state index in [9.17, 15) is 13.2 Å². The number of sulfonamides is 1. The average molecular weight is 414 g/mol. The second-order valence-electron chi connectivity index (χ2n) is 6.09. The molecular weight excluding hydrogens is 394 g/mol. The predicted octanol–water partition coefficient (Wildman–Crippen LogP) is 2.87. The van der Waals surface area contributed by atoms with Crippen LogP contribution in [0.1, 0.15) is 11.8 Å². The number of thiophene rings is 1. The minimum atomic E-state index is -3.52. The largest absolute Gasteiger partial charge is 0.326 e. The maximum absolute atomic E-state index is 12.8. The first kappa shape index (κ1) is 19.3. The van der Waals surface area contributed by atoms with Crippen molar-refractivity contribution < 1.29 is 13.2 Å². The Labute approximate surface area is 162 Å². The van der Waals surface area contributed by atoms with Crippen LogP contribution in [0.2, 0.25) is 4.34 Å². The number of hydrogen-bond acceptors (Lipinski definition) is 5. The van der Waals surface area contributed by atoms with Gasteiger partial charge >= 0.3 is 0 Å². The molecule has 1 aromatic carbocycles. The quantitative estimate of drug-likeness (QED) is 0.818. The summed E-state index contributed by atoms with van der Waals surface area (Å²) in [5.41, 5.74) is 0.580. The minimum Gasteiger partial charge on any atom is -0.326 e. The molecule has 0 radical (unpaired) electrons. The molecule has 0 unspecified atom stereocenters. The molecule has 0 spiro atoms. The summed E-state index contributed by atoms with van der Waals surface area (Å²) in [6.45, 7) is 4.46. The summed E-state index contributed by atoms with van der Waals surface area (Å²) in [4.78, 5) is 14.7. The van der Waals surface area contributed by atoms with Crippen LogP contribution in [0.25, 0.3) is 0 Å². The number of hydrogen-bond donors (Lipinski definition) is 1. The molecule has 1 amide bonds. The Hall–Kier alpha value is -1.45. The molecular formula is C17H20ClN3O3S2. The van der Waals surface area contributed by atoms with Crippen molar-refractivity contribution in [1.29, 1.82) is 0 Å². The lowest BCUT2D eigenvalue weighted by Gasteiger charge is -2.33. The molecule has 0 bridgehead atoms. The number of anilines is 1. The van der Waals surface area contributed by atoms with Crippen LogP contribution >= 0.6 is 22.9 Å². The number of benzene rings is 1. The van der Waals surface area contributed by atoms with Crippen molar-refractivity contribution in [3.8, 4) is 0 Å². The third-order valence-corrected chi connectivity index (χ3v) is 7.28. The molecule has 2 heterocycles. The van der Waals surface area contributed by atoms with Crippen LogP contribution in [0.15, 0.2) is 41.3 Å². The third-order valence-electron chi connectivity index (χ3n) is 4.15. The third kappa shape index (κ3) is 4.63. The smallest absolute Gasteiger partial charge is 0.243 e. The fraction of sp³-hybridized carbons (Fsp3) is 0.353. The average Bonchev–Trinajstić information content (AvgIpc) is 3.00. The molecule has 9 heteroatoms. The van der Waals surface area contributed by atoms with Gasteiger partial charge in [-0.2, -0.15) is 4.31 Å². The van der Waals surface area contributed by atoms with E-state index in [4.69, 9.17) is 11.6 Å². The molecule has 1 aromatic heterocycles. The molecule has 1 aliphatic heterocycles. The van der Waals surface area contributed by atoms with Crippen molar-refractivity contribution >= 4 is 44.6 Å². The van der Waals surface area contributed by atoms with Crippen LogP contribution in [0, 0.1) is 0 Å². The van der Waals surface area contributed by atoms with E-state index in [0.717, 1.165) is 10.9 Å². The van der Waals surface area contributed by atoms with Gasteiger partial charge in [-0.1, -0.05) is 11.6 Å². The molecule has 1 aliphatic rings. The van der Waals surface area contributed by atoms with Crippen molar-refractivity contribution in [3.63, 3.8) is 0 Å². The first-order valence-corrected chi connectivity index (χ1v) is 10.8. The van der Waals surface area contributed by atoms with Gasteiger partial charge in [0.25, 0.3) is 0 Å². The normalized spacial score (nSPS) is 16.5. The molecule has 1 saturated heterocycles. The van der Waals surface area contributed by atoms with E-state index in [0.29, 0.717) is 31.9 Å². The SMILES string of the molecule is CC(=O)Nc1ccc(S(=O)(=O)N2CCN(Cc3ccc(Cl)s3)CC2)cc1. The Kier molecular flexibility index (Phi) is 5.99. The maximum atomic E-state index is 12.8. The Morgan fingerprint density at radius 1 is 1.12 bits per heavy atom. The molecule has 140 valence electrons. The zero-order valence-corrected chi connectivity index (χ0v) is 16.7. The van der Waals surface area contributed by atoms with Gasteiger partial charge in [-0.3, -0.25) is 9.69 Å². The summed E-state index contributed by atoms with van der Waals surface area (Å²) < 4.78 is 27.9. The molecule has 1 N–H and O–H groups in total.